The van der Waals surface area contributed by atoms with E-state index in [1.54, 1.807) is 0 Å². The van der Waals surface area contributed by atoms with Crippen LogP contribution in [0.5, 0.6) is 0 Å². The van der Waals surface area contributed by atoms with Crippen LogP contribution in [0.4, 0.5) is 0 Å². The van der Waals surface area contributed by atoms with Gasteiger partial charge in [0.25, 0.3) is 0 Å². The highest BCUT2D eigenvalue weighted by molar-refractivity contribution is 6.33. The second kappa shape index (κ2) is 6.18. The summed E-state index contributed by atoms with van der Waals surface area (Å²) in [5, 5.41) is 0. The van der Waals surface area contributed by atoms with Crippen LogP contribution in [0.3, 0.4) is 0 Å². The Balaban J connectivity index is 2.45. The third-order valence-corrected chi connectivity index (χ3v) is 2.26. The standard InChI is InChI=1S/C5H15NSi/c1-7-5-3-2-4-6/h2-7H2,1H3. The molecule has 0 radical (unpaired) electrons. The third-order valence-electron chi connectivity index (χ3n) is 1.06. The average molecular weight is 117 g/mol. The zero-order valence-corrected chi connectivity index (χ0v) is 6.53. The van der Waals surface area contributed by atoms with Crippen molar-refractivity contribution in [3.63, 3.8) is 0 Å². The molecule has 0 fully saturated rings. The van der Waals surface area contributed by atoms with Crippen molar-refractivity contribution in [2.75, 3.05) is 6.54 Å². The lowest BCUT2D eigenvalue weighted by molar-refractivity contribution is 0.804. The molecule has 0 saturated carbocycles. The zero-order valence-electron chi connectivity index (χ0n) is 5.11. The van der Waals surface area contributed by atoms with Crippen LogP contribution in [0, 0.1) is 0 Å². The molecule has 0 aliphatic heterocycles. The van der Waals surface area contributed by atoms with Gasteiger partial charge in [-0.2, -0.15) is 0 Å². The van der Waals surface area contributed by atoms with E-state index in [2.05, 4.69) is 6.55 Å². The van der Waals surface area contributed by atoms with Crippen molar-refractivity contribution in [3.05, 3.63) is 0 Å². The summed E-state index contributed by atoms with van der Waals surface area (Å²) in [6.45, 7) is 3.23. The number of rotatable bonds is 4. The highest BCUT2D eigenvalue weighted by Crippen LogP contribution is 1.90. The Kier molecular flexibility index (Phi) is 6.33. The first kappa shape index (κ1) is 7.18. The highest BCUT2D eigenvalue weighted by Gasteiger charge is 1.80. The van der Waals surface area contributed by atoms with E-state index in [-0.39, 0.29) is 0 Å². The lowest BCUT2D eigenvalue weighted by Gasteiger charge is -1.90. The van der Waals surface area contributed by atoms with Crippen molar-refractivity contribution in [3.8, 4) is 0 Å². The molecule has 2 heteroatoms. The van der Waals surface area contributed by atoms with Gasteiger partial charge in [-0.25, -0.2) is 0 Å². The molecular formula is C5H15NSi. The fraction of sp³-hybridized carbons (Fsp3) is 1.00. The Morgan fingerprint density at radius 1 is 1.43 bits per heavy atom. The summed E-state index contributed by atoms with van der Waals surface area (Å²) < 4.78 is 0. The van der Waals surface area contributed by atoms with Crippen LogP contribution in [0.15, 0.2) is 0 Å². The van der Waals surface area contributed by atoms with Gasteiger partial charge in [0.05, 0.1) is 0 Å². The first-order chi connectivity index (χ1) is 3.41. The second-order valence-electron chi connectivity index (χ2n) is 1.85. The molecule has 0 unspecified atom stereocenters. The summed E-state index contributed by atoms with van der Waals surface area (Å²) >= 11 is 0. The van der Waals surface area contributed by atoms with Crippen LogP contribution in [-0.2, 0) is 0 Å². The van der Waals surface area contributed by atoms with Gasteiger partial charge < -0.3 is 5.73 Å². The third kappa shape index (κ3) is 6.18. The molecule has 0 aromatic carbocycles. The Labute approximate surface area is 48.1 Å². The molecule has 0 aliphatic carbocycles. The normalized spacial score (nSPS) is 11.1. The Morgan fingerprint density at radius 2 is 2.14 bits per heavy atom. The Morgan fingerprint density at radius 3 is 2.57 bits per heavy atom. The average Bonchev–Trinajstić information content (AvgIpc) is 1.69. The van der Waals surface area contributed by atoms with E-state index in [9.17, 15) is 0 Å². The number of hydrogen-bond acceptors (Lipinski definition) is 1. The summed E-state index contributed by atoms with van der Waals surface area (Å²) in [7, 11) is 0.338. The van der Waals surface area contributed by atoms with Crippen LogP contribution in [0.1, 0.15) is 12.8 Å². The number of nitrogens with two attached hydrogens (primary N) is 1. The molecule has 0 aromatic rings. The first-order valence-corrected chi connectivity index (χ1v) is 5.53. The van der Waals surface area contributed by atoms with Gasteiger partial charge in [-0.05, 0) is 13.0 Å². The first-order valence-electron chi connectivity index (χ1n) is 3.12. The van der Waals surface area contributed by atoms with Crippen LogP contribution >= 0.6 is 0 Å². The van der Waals surface area contributed by atoms with E-state index in [4.69, 9.17) is 5.73 Å². The van der Waals surface area contributed by atoms with E-state index in [0.717, 1.165) is 6.54 Å². The van der Waals surface area contributed by atoms with Gasteiger partial charge in [-0.3, -0.25) is 0 Å². The van der Waals surface area contributed by atoms with Crippen LogP contribution in [-0.4, -0.2) is 16.1 Å². The van der Waals surface area contributed by atoms with Gasteiger partial charge in [0, 0.05) is 9.52 Å². The van der Waals surface area contributed by atoms with Gasteiger partial charge in [0.15, 0.2) is 0 Å². The number of hydrogen-bond donors (Lipinski definition) is 1. The van der Waals surface area contributed by atoms with E-state index in [1.165, 1.54) is 18.9 Å². The topological polar surface area (TPSA) is 26.0 Å². The van der Waals surface area contributed by atoms with Gasteiger partial charge in [0.1, 0.15) is 0 Å². The molecular weight excluding hydrogens is 102 g/mol. The molecule has 0 aromatic heterocycles. The van der Waals surface area contributed by atoms with E-state index in [0.29, 0.717) is 9.52 Å². The van der Waals surface area contributed by atoms with Gasteiger partial charge >= 0.3 is 0 Å². The molecule has 0 atom stereocenters. The summed E-state index contributed by atoms with van der Waals surface area (Å²) in [6.07, 6.45) is 2.61. The lowest BCUT2D eigenvalue weighted by atomic mass is 10.3. The van der Waals surface area contributed by atoms with Crippen LogP contribution in [0.25, 0.3) is 0 Å². The smallest absolute Gasteiger partial charge is 0.0166 e. The molecule has 44 valence electrons. The van der Waals surface area contributed by atoms with Crippen LogP contribution < -0.4 is 5.73 Å². The summed E-state index contributed by atoms with van der Waals surface area (Å²) in [4.78, 5) is 0. The Hall–Kier alpha value is 0.177. The second-order valence-corrected chi connectivity index (χ2v) is 3.56. The van der Waals surface area contributed by atoms with Crippen LogP contribution in [0.2, 0.25) is 12.6 Å². The molecule has 0 heterocycles. The van der Waals surface area contributed by atoms with E-state index >= 15 is 0 Å². The maximum Gasteiger partial charge on any atom is 0.0166 e. The lowest BCUT2D eigenvalue weighted by Crippen LogP contribution is -1.97. The van der Waals surface area contributed by atoms with Crippen molar-refractivity contribution < 1.29 is 0 Å². The van der Waals surface area contributed by atoms with E-state index in [1.807, 2.05) is 0 Å². The fourth-order valence-corrected chi connectivity index (χ4v) is 1.42. The van der Waals surface area contributed by atoms with Crippen molar-refractivity contribution in [1.29, 1.82) is 0 Å². The van der Waals surface area contributed by atoms with Gasteiger partial charge in [-0.15, -0.1) is 0 Å². The van der Waals surface area contributed by atoms with Gasteiger partial charge in [0.2, 0.25) is 0 Å². The fourth-order valence-electron chi connectivity index (χ4n) is 0.571. The summed E-state index contributed by atoms with van der Waals surface area (Å²) in [5.41, 5.74) is 5.28. The van der Waals surface area contributed by atoms with Crippen molar-refractivity contribution in [2.24, 2.45) is 5.73 Å². The van der Waals surface area contributed by atoms with E-state index < -0.39 is 0 Å². The number of unbranched alkanes of at least 4 members (excludes halogenated alkanes) is 1. The van der Waals surface area contributed by atoms with Crippen molar-refractivity contribution in [1.82, 2.24) is 0 Å². The zero-order chi connectivity index (χ0) is 5.54. The predicted octanol–water partition coefficient (Wildman–Crippen LogP) is 0.360. The molecule has 1 nitrogen and oxygen atoms in total. The largest absolute Gasteiger partial charge is 0.330 e. The monoisotopic (exact) mass is 117 g/mol. The SMILES string of the molecule is C[SiH2]CCCCN. The highest BCUT2D eigenvalue weighted by atomic mass is 28.2. The molecule has 7 heavy (non-hydrogen) atoms. The van der Waals surface area contributed by atoms with Gasteiger partial charge in [-0.1, -0.05) is 19.0 Å². The maximum atomic E-state index is 5.28. The summed E-state index contributed by atoms with van der Waals surface area (Å²) in [5.74, 6) is 0. The molecule has 0 rings (SSSR count). The minimum atomic E-state index is 0.338. The Bertz CT molecular complexity index is 27.3. The molecule has 2 N–H and O–H groups in total. The minimum absolute atomic E-state index is 0.338. The molecule has 0 amide bonds. The quantitative estimate of drug-likeness (QED) is 0.417. The van der Waals surface area contributed by atoms with Crippen molar-refractivity contribution in [2.45, 2.75) is 25.4 Å². The molecule has 0 spiro atoms. The predicted molar refractivity (Wildman–Crippen MR) is 37.5 cm³/mol. The molecule has 0 saturated heterocycles. The minimum Gasteiger partial charge on any atom is -0.330 e. The molecule has 0 aliphatic rings. The maximum absolute atomic E-state index is 5.28. The summed E-state index contributed by atoms with van der Waals surface area (Å²) in [6, 6.07) is 1.48. The molecule has 0 bridgehead atoms. The van der Waals surface area contributed by atoms with Crippen molar-refractivity contribution >= 4 is 9.52 Å².